The minimum Gasteiger partial charge on any atom is -0.488 e. The fourth-order valence-corrected chi connectivity index (χ4v) is 4.10. The fraction of sp³-hybridized carbons (Fsp3) is 0.100. The third-order valence-electron chi connectivity index (χ3n) is 3.78. The summed E-state index contributed by atoms with van der Waals surface area (Å²) in [6.45, 7) is 4.35. The molecular formula is C20H15Cl2NO2S2. The Kier molecular flexibility index (Phi) is 6.60. The van der Waals surface area contributed by atoms with Crippen LogP contribution < -0.4 is 4.74 Å². The number of rotatable bonds is 6. The van der Waals surface area contributed by atoms with Crippen LogP contribution in [0.15, 0.2) is 60.0 Å². The first kappa shape index (κ1) is 20.0. The second-order valence-electron chi connectivity index (χ2n) is 5.64. The summed E-state index contributed by atoms with van der Waals surface area (Å²) >= 11 is 18.8. The molecule has 2 aromatic rings. The Balaban J connectivity index is 1.86. The third kappa shape index (κ3) is 4.74. The van der Waals surface area contributed by atoms with E-state index in [-0.39, 0.29) is 5.91 Å². The molecule has 138 valence electrons. The van der Waals surface area contributed by atoms with Crippen LogP contribution in [0.4, 0.5) is 0 Å². The van der Waals surface area contributed by atoms with Crippen LogP contribution in [-0.2, 0) is 11.4 Å². The molecule has 0 spiro atoms. The van der Waals surface area contributed by atoms with Crippen LogP contribution in [0.1, 0.15) is 11.1 Å². The van der Waals surface area contributed by atoms with Gasteiger partial charge in [0.1, 0.15) is 16.7 Å². The van der Waals surface area contributed by atoms with E-state index in [1.165, 1.54) is 16.7 Å². The van der Waals surface area contributed by atoms with Gasteiger partial charge < -0.3 is 4.74 Å². The van der Waals surface area contributed by atoms with Crippen molar-refractivity contribution in [3.63, 3.8) is 0 Å². The molecular weight excluding hydrogens is 421 g/mol. The van der Waals surface area contributed by atoms with E-state index in [2.05, 4.69) is 6.58 Å². The van der Waals surface area contributed by atoms with Gasteiger partial charge in [-0.3, -0.25) is 9.69 Å². The lowest BCUT2D eigenvalue weighted by Crippen LogP contribution is -2.27. The number of carbonyl (C=O) groups excluding carboxylic acids is 1. The van der Waals surface area contributed by atoms with E-state index in [4.69, 9.17) is 40.2 Å². The number of ether oxygens (including phenoxy) is 1. The van der Waals surface area contributed by atoms with Gasteiger partial charge in [-0.2, -0.15) is 0 Å². The van der Waals surface area contributed by atoms with Gasteiger partial charge >= 0.3 is 0 Å². The van der Waals surface area contributed by atoms with E-state index in [9.17, 15) is 4.79 Å². The Hall–Kier alpha value is -1.79. The zero-order valence-electron chi connectivity index (χ0n) is 14.2. The topological polar surface area (TPSA) is 29.5 Å². The second kappa shape index (κ2) is 8.93. The number of hydrogen-bond donors (Lipinski definition) is 0. The standard InChI is InChI=1S/C20H15Cl2NO2S2/c1-2-9-23-19(24)18(27-20(23)26)11-14-10-15(21)7-8-17(14)25-12-13-5-3-4-6-16(13)22/h2-8,10-11H,1,9,12H2/b18-11+. The van der Waals surface area contributed by atoms with Gasteiger partial charge in [0.2, 0.25) is 0 Å². The molecule has 2 aromatic carbocycles. The van der Waals surface area contributed by atoms with Crippen molar-refractivity contribution >= 4 is 63.5 Å². The van der Waals surface area contributed by atoms with Crippen molar-refractivity contribution in [1.82, 2.24) is 4.90 Å². The minimum atomic E-state index is -0.151. The van der Waals surface area contributed by atoms with Gasteiger partial charge in [0.25, 0.3) is 5.91 Å². The lowest BCUT2D eigenvalue weighted by molar-refractivity contribution is -0.121. The lowest BCUT2D eigenvalue weighted by Gasteiger charge is -2.12. The summed E-state index contributed by atoms with van der Waals surface area (Å²) in [6.07, 6.45) is 3.39. The number of hydrogen-bond acceptors (Lipinski definition) is 4. The lowest BCUT2D eigenvalue weighted by atomic mass is 10.1. The minimum absolute atomic E-state index is 0.151. The molecule has 1 heterocycles. The molecule has 7 heteroatoms. The van der Waals surface area contributed by atoms with Crippen molar-refractivity contribution in [1.29, 1.82) is 0 Å². The van der Waals surface area contributed by atoms with Gasteiger partial charge in [0.15, 0.2) is 0 Å². The molecule has 1 saturated heterocycles. The molecule has 1 aliphatic rings. The molecule has 0 radical (unpaired) electrons. The Bertz CT molecular complexity index is 943. The molecule has 1 amide bonds. The number of nitrogens with zero attached hydrogens (tertiary/aromatic N) is 1. The Morgan fingerprint density at radius 2 is 2.00 bits per heavy atom. The summed E-state index contributed by atoms with van der Waals surface area (Å²) in [5.41, 5.74) is 1.58. The maximum atomic E-state index is 12.5. The molecule has 0 atom stereocenters. The summed E-state index contributed by atoms with van der Waals surface area (Å²) < 4.78 is 6.44. The summed E-state index contributed by atoms with van der Waals surface area (Å²) in [5.74, 6) is 0.454. The summed E-state index contributed by atoms with van der Waals surface area (Å²) in [7, 11) is 0. The van der Waals surface area contributed by atoms with E-state index < -0.39 is 0 Å². The van der Waals surface area contributed by atoms with Crippen molar-refractivity contribution in [3.05, 3.63) is 81.2 Å². The van der Waals surface area contributed by atoms with Crippen LogP contribution >= 0.6 is 47.2 Å². The summed E-state index contributed by atoms with van der Waals surface area (Å²) in [5, 5.41) is 1.19. The third-order valence-corrected chi connectivity index (χ3v) is 5.77. The highest BCUT2D eigenvalue weighted by molar-refractivity contribution is 8.26. The molecule has 0 bridgehead atoms. The van der Waals surface area contributed by atoms with Crippen LogP contribution in [0.3, 0.4) is 0 Å². The predicted octanol–water partition coefficient (Wildman–Crippen LogP) is 5.96. The Morgan fingerprint density at radius 1 is 1.22 bits per heavy atom. The largest absolute Gasteiger partial charge is 0.488 e. The van der Waals surface area contributed by atoms with Crippen molar-refractivity contribution in [2.45, 2.75) is 6.61 Å². The predicted molar refractivity (Wildman–Crippen MR) is 117 cm³/mol. The van der Waals surface area contributed by atoms with Crippen molar-refractivity contribution < 1.29 is 9.53 Å². The quantitative estimate of drug-likeness (QED) is 0.318. The maximum absolute atomic E-state index is 12.5. The maximum Gasteiger partial charge on any atom is 0.266 e. The molecule has 0 saturated carbocycles. The first-order chi connectivity index (χ1) is 13.0. The first-order valence-electron chi connectivity index (χ1n) is 8.01. The SMILES string of the molecule is C=CCN1C(=O)/C(=C\c2cc(Cl)ccc2OCc2ccccc2Cl)SC1=S. The molecule has 0 unspecified atom stereocenters. The van der Waals surface area contributed by atoms with E-state index in [0.717, 1.165) is 5.56 Å². The highest BCUT2D eigenvalue weighted by atomic mass is 35.5. The van der Waals surface area contributed by atoms with E-state index in [0.29, 0.717) is 43.7 Å². The first-order valence-corrected chi connectivity index (χ1v) is 9.99. The van der Waals surface area contributed by atoms with E-state index >= 15 is 0 Å². The zero-order chi connectivity index (χ0) is 19.4. The number of benzene rings is 2. The number of thioether (sulfide) groups is 1. The molecule has 0 aliphatic carbocycles. The average molecular weight is 436 g/mol. The number of carbonyl (C=O) groups is 1. The highest BCUT2D eigenvalue weighted by Crippen LogP contribution is 2.35. The van der Waals surface area contributed by atoms with Gasteiger partial charge in [0.05, 0.1) is 4.91 Å². The van der Waals surface area contributed by atoms with Crippen molar-refractivity contribution in [3.8, 4) is 5.75 Å². The average Bonchev–Trinajstić information content (AvgIpc) is 2.90. The van der Waals surface area contributed by atoms with Gasteiger partial charge in [-0.05, 0) is 30.3 Å². The van der Waals surface area contributed by atoms with Crippen molar-refractivity contribution in [2.75, 3.05) is 6.54 Å². The molecule has 27 heavy (non-hydrogen) atoms. The number of halogens is 2. The molecule has 0 aromatic heterocycles. The van der Waals surface area contributed by atoms with Gasteiger partial charge in [-0.25, -0.2) is 0 Å². The number of amides is 1. The number of thiocarbonyl (C=S) groups is 1. The normalized spacial score (nSPS) is 15.5. The molecule has 0 N–H and O–H groups in total. The van der Waals surface area contributed by atoms with E-state index in [1.54, 1.807) is 30.4 Å². The second-order valence-corrected chi connectivity index (χ2v) is 8.16. The monoisotopic (exact) mass is 435 g/mol. The van der Waals surface area contributed by atoms with Gasteiger partial charge in [-0.1, -0.05) is 71.5 Å². The fourth-order valence-electron chi connectivity index (χ4n) is 2.46. The highest BCUT2D eigenvalue weighted by Gasteiger charge is 2.31. The molecule has 3 rings (SSSR count). The van der Waals surface area contributed by atoms with Gasteiger partial charge in [0, 0.05) is 27.7 Å². The Morgan fingerprint density at radius 3 is 2.74 bits per heavy atom. The summed E-state index contributed by atoms with van der Waals surface area (Å²) in [6, 6.07) is 12.7. The smallest absolute Gasteiger partial charge is 0.266 e. The molecule has 1 fully saturated rings. The van der Waals surface area contributed by atoms with Crippen molar-refractivity contribution in [2.24, 2.45) is 0 Å². The van der Waals surface area contributed by atoms with Crippen LogP contribution in [0.5, 0.6) is 5.75 Å². The van der Waals surface area contributed by atoms with Crippen LogP contribution in [-0.4, -0.2) is 21.7 Å². The Labute approximate surface area is 177 Å². The van der Waals surface area contributed by atoms with Crippen LogP contribution in [0.25, 0.3) is 6.08 Å². The molecule has 3 nitrogen and oxygen atoms in total. The molecule has 1 aliphatic heterocycles. The van der Waals surface area contributed by atoms with Gasteiger partial charge in [-0.15, -0.1) is 6.58 Å². The summed E-state index contributed by atoms with van der Waals surface area (Å²) in [4.78, 5) is 14.6. The van der Waals surface area contributed by atoms with E-state index in [1.807, 2.05) is 24.3 Å². The van der Waals surface area contributed by atoms with Crippen LogP contribution in [0.2, 0.25) is 10.0 Å². The van der Waals surface area contributed by atoms with Crippen LogP contribution in [0, 0.1) is 0 Å². The zero-order valence-corrected chi connectivity index (χ0v) is 17.3.